The Morgan fingerprint density at radius 3 is 2.29 bits per heavy atom. The normalized spacial score (nSPS) is 28.6. The molecule has 2 aliphatic carbocycles. The van der Waals surface area contributed by atoms with Gasteiger partial charge < -0.3 is 4.90 Å². The zero-order valence-corrected chi connectivity index (χ0v) is 15.2. The van der Waals surface area contributed by atoms with E-state index in [9.17, 15) is 12.8 Å². The minimum atomic E-state index is -3.23. The molecule has 0 bridgehead atoms. The number of nitrogens with zero attached hydrogens (tertiary/aromatic N) is 2. The first-order valence-corrected chi connectivity index (χ1v) is 10.3. The Morgan fingerprint density at radius 2 is 1.79 bits per heavy atom. The van der Waals surface area contributed by atoms with Gasteiger partial charge >= 0.3 is 0 Å². The van der Waals surface area contributed by atoms with Crippen LogP contribution in [-0.2, 0) is 10.0 Å². The van der Waals surface area contributed by atoms with Crippen molar-refractivity contribution in [3.05, 3.63) is 30.1 Å². The van der Waals surface area contributed by atoms with Crippen LogP contribution in [0.25, 0.3) is 0 Å². The first-order valence-electron chi connectivity index (χ1n) is 8.77. The number of benzene rings is 1. The quantitative estimate of drug-likeness (QED) is 0.840. The summed E-state index contributed by atoms with van der Waals surface area (Å²) in [4.78, 5) is 2.15. The predicted molar refractivity (Wildman–Crippen MR) is 93.0 cm³/mol. The number of piperazine rings is 1. The third kappa shape index (κ3) is 2.46. The Morgan fingerprint density at radius 1 is 1.12 bits per heavy atom. The van der Waals surface area contributed by atoms with Gasteiger partial charge in [0, 0.05) is 30.9 Å². The summed E-state index contributed by atoms with van der Waals surface area (Å²) in [6.07, 6.45) is 4.18. The van der Waals surface area contributed by atoms with Crippen molar-refractivity contribution in [3.8, 4) is 0 Å². The average molecular weight is 352 g/mol. The van der Waals surface area contributed by atoms with Crippen molar-refractivity contribution in [1.29, 1.82) is 0 Å². The van der Waals surface area contributed by atoms with Gasteiger partial charge in [-0.05, 0) is 62.8 Å². The summed E-state index contributed by atoms with van der Waals surface area (Å²) in [7, 11) is -3.23. The van der Waals surface area contributed by atoms with Crippen molar-refractivity contribution in [2.75, 3.05) is 24.5 Å². The van der Waals surface area contributed by atoms with E-state index >= 15 is 0 Å². The summed E-state index contributed by atoms with van der Waals surface area (Å²) in [5.41, 5.74) is 0.602. The summed E-state index contributed by atoms with van der Waals surface area (Å²) in [5.74, 6) is -0.251. The van der Waals surface area contributed by atoms with Crippen molar-refractivity contribution in [2.24, 2.45) is 5.41 Å². The first kappa shape index (κ1) is 16.3. The summed E-state index contributed by atoms with van der Waals surface area (Å²) in [6, 6.07) is 6.44. The molecule has 3 aliphatic rings. The van der Waals surface area contributed by atoms with Gasteiger partial charge in [-0.25, -0.2) is 12.8 Å². The van der Waals surface area contributed by atoms with Gasteiger partial charge in [0.15, 0.2) is 0 Å². The van der Waals surface area contributed by atoms with Crippen LogP contribution in [0.1, 0.15) is 39.5 Å². The lowest BCUT2D eigenvalue weighted by atomic mass is 9.82. The molecule has 0 amide bonds. The van der Waals surface area contributed by atoms with Crippen LogP contribution in [0.3, 0.4) is 0 Å². The maximum atomic E-state index is 13.1. The highest BCUT2D eigenvalue weighted by molar-refractivity contribution is 7.90. The van der Waals surface area contributed by atoms with Crippen molar-refractivity contribution in [1.82, 2.24) is 4.31 Å². The smallest absolute Gasteiger partial charge is 0.218 e. The van der Waals surface area contributed by atoms with E-state index in [0.717, 1.165) is 24.9 Å². The minimum absolute atomic E-state index is 0.114. The van der Waals surface area contributed by atoms with Crippen LogP contribution >= 0.6 is 0 Å². The molecule has 1 heterocycles. The number of sulfonamides is 1. The molecule has 6 heteroatoms. The second-order valence-electron chi connectivity index (χ2n) is 8.24. The lowest BCUT2D eigenvalue weighted by Gasteiger charge is -2.47. The third-order valence-electron chi connectivity index (χ3n) is 6.15. The van der Waals surface area contributed by atoms with Gasteiger partial charge in [-0.15, -0.1) is 0 Å². The Kier molecular flexibility index (Phi) is 3.52. The van der Waals surface area contributed by atoms with E-state index in [1.165, 1.54) is 18.6 Å². The Labute approximate surface area is 143 Å². The molecule has 4 rings (SSSR count). The highest BCUT2D eigenvalue weighted by Crippen LogP contribution is 2.64. The number of hydrogen-bond donors (Lipinski definition) is 0. The first-order chi connectivity index (χ1) is 11.2. The SMILES string of the molecule is CC1(C)CN(c2ccc(F)cc2)CCN1S(=O)(=O)C1CC12CCC2. The molecular formula is C18H25FN2O2S. The molecule has 0 N–H and O–H groups in total. The monoisotopic (exact) mass is 352 g/mol. The molecule has 3 fully saturated rings. The summed E-state index contributed by atoms with van der Waals surface area (Å²) in [5, 5.41) is -0.157. The molecule has 1 unspecified atom stereocenters. The van der Waals surface area contributed by atoms with Crippen LogP contribution in [0.5, 0.6) is 0 Å². The lowest BCUT2D eigenvalue weighted by molar-refractivity contribution is 0.201. The highest BCUT2D eigenvalue weighted by atomic mass is 32.2. The standard InChI is InChI=1S/C18H25FN2O2S/c1-17(2)13-20(15-6-4-14(19)5-7-15)10-11-21(17)24(22,23)16-12-18(16)8-3-9-18/h4-7,16H,3,8-13H2,1-2H3. The van der Waals surface area contributed by atoms with Crippen LogP contribution in [0, 0.1) is 11.2 Å². The van der Waals surface area contributed by atoms with Crippen LogP contribution in [0.4, 0.5) is 10.1 Å². The van der Waals surface area contributed by atoms with E-state index in [1.54, 1.807) is 16.4 Å². The van der Waals surface area contributed by atoms with E-state index in [1.807, 2.05) is 13.8 Å². The number of anilines is 1. The second-order valence-corrected chi connectivity index (χ2v) is 10.3. The van der Waals surface area contributed by atoms with E-state index in [2.05, 4.69) is 4.90 Å². The van der Waals surface area contributed by atoms with Crippen molar-refractivity contribution in [2.45, 2.75) is 50.3 Å². The van der Waals surface area contributed by atoms with Gasteiger partial charge in [-0.1, -0.05) is 6.42 Å². The van der Waals surface area contributed by atoms with Crippen molar-refractivity contribution in [3.63, 3.8) is 0 Å². The van der Waals surface area contributed by atoms with E-state index < -0.39 is 15.6 Å². The van der Waals surface area contributed by atoms with E-state index in [0.29, 0.717) is 19.6 Å². The number of rotatable bonds is 3. The summed E-state index contributed by atoms with van der Waals surface area (Å²) < 4.78 is 41.1. The largest absolute Gasteiger partial charge is 0.368 e. The van der Waals surface area contributed by atoms with Crippen LogP contribution in [-0.4, -0.2) is 43.1 Å². The molecule has 1 aromatic rings. The van der Waals surface area contributed by atoms with Crippen LogP contribution in [0.15, 0.2) is 24.3 Å². The molecule has 1 aliphatic heterocycles. The maximum Gasteiger partial charge on any atom is 0.218 e. The number of hydrogen-bond acceptors (Lipinski definition) is 3. The summed E-state index contributed by atoms with van der Waals surface area (Å²) >= 11 is 0. The van der Waals surface area contributed by atoms with Gasteiger partial charge in [-0.3, -0.25) is 0 Å². The lowest BCUT2D eigenvalue weighted by Crippen LogP contribution is -2.62. The Hall–Kier alpha value is -1.14. The maximum absolute atomic E-state index is 13.1. The fourth-order valence-electron chi connectivity index (χ4n) is 4.53. The van der Waals surface area contributed by atoms with Crippen LogP contribution < -0.4 is 4.90 Å². The van der Waals surface area contributed by atoms with Gasteiger partial charge in [0.25, 0.3) is 0 Å². The van der Waals surface area contributed by atoms with E-state index in [4.69, 9.17) is 0 Å². The average Bonchev–Trinajstić information content (AvgIpc) is 3.23. The van der Waals surface area contributed by atoms with Crippen molar-refractivity contribution >= 4 is 15.7 Å². The molecule has 0 radical (unpaired) electrons. The van der Waals surface area contributed by atoms with Gasteiger partial charge in [0.2, 0.25) is 10.0 Å². The molecule has 4 nitrogen and oxygen atoms in total. The van der Waals surface area contributed by atoms with Gasteiger partial charge in [-0.2, -0.15) is 4.31 Å². The number of halogens is 1. The molecule has 1 atom stereocenters. The second kappa shape index (κ2) is 5.18. The molecule has 0 aromatic heterocycles. The van der Waals surface area contributed by atoms with Crippen molar-refractivity contribution < 1.29 is 12.8 Å². The summed E-state index contributed by atoms with van der Waals surface area (Å²) in [6.45, 7) is 5.76. The molecule has 1 spiro atoms. The third-order valence-corrected chi connectivity index (χ3v) is 8.83. The molecular weight excluding hydrogens is 327 g/mol. The highest BCUT2D eigenvalue weighted by Gasteiger charge is 2.65. The molecule has 1 saturated heterocycles. The predicted octanol–water partition coefficient (Wildman–Crippen LogP) is 3.00. The van der Waals surface area contributed by atoms with Crippen LogP contribution in [0.2, 0.25) is 0 Å². The van der Waals surface area contributed by atoms with E-state index in [-0.39, 0.29) is 16.5 Å². The van der Waals surface area contributed by atoms with Gasteiger partial charge in [0.1, 0.15) is 5.82 Å². The zero-order valence-electron chi connectivity index (χ0n) is 14.3. The topological polar surface area (TPSA) is 40.6 Å². The Balaban J connectivity index is 1.52. The Bertz CT molecular complexity index is 741. The fourth-order valence-corrected chi connectivity index (χ4v) is 7.33. The molecule has 24 heavy (non-hydrogen) atoms. The molecule has 1 aromatic carbocycles. The zero-order chi connectivity index (χ0) is 17.2. The molecule has 2 saturated carbocycles. The minimum Gasteiger partial charge on any atom is -0.368 e. The van der Waals surface area contributed by atoms with Gasteiger partial charge in [0.05, 0.1) is 5.25 Å². The molecule has 132 valence electrons. The fraction of sp³-hybridized carbons (Fsp3) is 0.667.